The Morgan fingerprint density at radius 3 is 1.30 bits per heavy atom. The third-order valence-corrected chi connectivity index (χ3v) is 6.20. The van der Waals surface area contributed by atoms with Crippen LogP contribution in [0.3, 0.4) is 0 Å². The molecule has 7 nitrogen and oxygen atoms in total. The highest BCUT2D eigenvalue weighted by Gasteiger charge is 2.45. The normalized spacial score (nSPS) is 15.9. The molecule has 0 saturated heterocycles. The van der Waals surface area contributed by atoms with Crippen LogP contribution in [0.15, 0.2) is 0 Å². The Labute approximate surface area is 248 Å². The Balaban J connectivity index is 6.07. The molecule has 0 aromatic rings. The maximum atomic E-state index is 10.8. The lowest BCUT2D eigenvalue weighted by molar-refractivity contribution is -0.456. The second-order valence-electron chi connectivity index (χ2n) is 13.1. The van der Waals surface area contributed by atoms with Crippen LogP contribution in [0.1, 0.15) is 159 Å². The van der Waals surface area contributed by atoms with E-state index in [4.69, 9.17) is 28.4 Å². The number of hydrogen-bond acceptors (Lipinski definition) is 7. The lowest BCUT2D eigenvalue weighted by atomic mass is 10.1. The molecule has 242 valence electrons. The van der Waals surface area contributed by atoms with Crippen LogP contribution >= 0.6 is 0 Å². The predicted octanol–water partition coefficient (Wildman–Crippen LogP) is 9.10. The molecule has 7 heteroatoms. The van der Waals surface area contributed by atoms with Gasteiger partial charge >= 0.3 is 0 Å². The molecule has 0 saturated carbocycles. The van der Waals surface area contributed by atoms with Crippen molar-refractivity contribution in [2.24, 2.45) is 5.92 Å². The molecule has 0 aromatic carbocycles. The summed E-state index contributed by atoms with van der Waals surface area (Å²) in [5.74, 6) is -3.90. The third-order valence-electron chi connectivity index (χ3n) is 6.20. The fourth-order valence-corrected chi connectivity index (χ4v) is 4.31. The van der Waals surface area contributed by atoms with Crippen molar-refractivity contribution in [1.29, 1.82) is 0 Å². The molecule has 0 radical (unpaired) electrons. The minimum absolute atomic E-state index is 0.279. The van der Waals surface area contributed by atoms with Gasteiger partial charge in [0.25, 0.3) is 11.9 Å². The zero-order valence-electron chi connectivity index (χ0n) is 28.2. The van der Waals surface area contributed by atoms with Crippen LogP contribution in [-0.4, -0.2) is 54.9 Å². The third kappa shape index (κ3) is 21.4. The molecule has 0 aromatic heterocycles. The maximum Gasteiger partial charge on any atom is 0.285 e. The lowest BCUT2D eigenvalue weighted by Gasteiger charge is -2.42. The Morgan fingerprint density at radius 1 is 0.525 bits per heavy atom. The minimum Gasteiger partial charge on any atom is -0.366 e. The number of ether oxygens (including phenoxy) is 6. The summed E-state index contributed by atoms with van der Waals surface area (Å²) in [5, 5.41) is 10.8. The smallest absolute Gasteiger partial charge is 0.285 e. The van der Waals surface area contributed by atoms with Crippen LogP contribution in [0.5, 0.6) is 0 Å². The van der Waals surface area contributed by atoms with Gasteiger partial charge in [-0.2, -0.15) is 0 Å². The molecule has 0 rings (SSSR count). The second-order valence-corrected chi connectivity index (χ2v) is 13.1. The fourth-order valence-electron chi connectivity index (χ4n) is 4.31. The molecule has 40 heavy (non-hydrogen) atoms. The van der Waals surface area contributed by atoms with Gasteiger partial charge < -0.3 is 28.8 Å². The number of hydrogen-bond donors (Lipinski definition) is 1. The fraction of sp³-hybridized carbons (Fsp3) is 1.00. The Kier molecular flexibility index (Phi) is 21.3. The maximum absolute atomic E-state index is 10.8. The Hall–Kier alpha value is -0.280. The standard InChI is InChI=1S/C33H68O7/c1-11-14-17-19-22-27-36-32(40-31(9,10)34,35-26-21-18-15-12-2)23-24-33(38-28-29(4)5,39-30(6,7)8)37-25-20-16-13-3/h29,34H,11-28H2,1-10H3. The minimum atomic E-state index is -1.46. The Bertz CT molecular complexity index is 584. The topological polar surface area (TPSA) is 75.6 Å². The van der Waals surface area contributed by atoms with Crippen molar-refractivity contribution in [2.45, 2.75) is 182 Å². The molecule has 0 amide bonds. The van der Waals surface area contributed by atoms with Crippen molar-refractivity contribution in [3.05, 3.63) is 0 Å². The van der Waals surface area contributed by atoms with Crippen molar-refractivity contribution in [2.75, 3.05) is 26.4 Å². The van der Waals surface area contributed by atoms with Gasteiger partial charge in [-0.1, -0.05) is 92.4 Å². The van der Waals surface area contributed by atoms with Gasteiger partial charge in [0.15, 0.2) is 5.79 Å². The first-order valence-electron chi connectivity index (χ1n) is 16.4. The van der Waals surface area contributed by atoms with Gasteiger partial charge in [0.2, 0.25) is 0 Å². The van der Waals surface area contributed by atoms with E-state index < -0.39 is 23.3 Å². The van der Waals surface area contributed by atoms with Gasteiger partial charge in [-0.3, -0.25) is 4.74 Å². The van der Waals surface area contributed by atoms with E-state index in [1.165, 1.54) is 19.3 Å². The first-order chi connectivity index (χ1) is 18.7. The summed E-state index contributed by atoms with van der Waals surface area (Å²) in [6.45, 7) is 22.0. The van der Waals surface area contributed by atoms with Crippen LogP contribution in [-0.2, 0) is 28.4 Å². The van der Waals surface area contributed by atoms with Crippen molar-refractivity contribution in [3.63, 3.8) is 0 Å². The summed E-state index contributed by atoms with van der Waals surface area (Å²) in [7, 11) is 0. The van der Waals surface area contributed by atoms with E-state index >= 15 is 0 Å². The molecule has 0 heterocycles. The number of aliphatic hydroxyl groups is 1. The van der Waals surface area contributed by atoms with Crippen LogP contribution in [0.25, 0.3) is 0 Å². The SMILES string of the molecule is CCCCCCCOC(CCC(OCCCCC)(OCC(C)C)OC(C)(C)C)(OCCCCCC)OC(C)(C)O. The molecule has 0 aliphatic rings. The average Bonchev–Trinajstić information content (AvgIpc) is 2.84. The summed E-state index contributed by atoms with van der Waals surface area (Å²) in [6.07, 6.45) is 13.5. The largest absolute Gasteiger partial charge is 0.366 e. The van der Waals surface area contributed by atoms with Gasteiger partial charge in [0.05, 0.1) is 32.0 Å². The summed E-state index contributed by atoms with van der Waals surface area (Å²) >= 11 is 0. The van der Waals surface area contributed by atoms with Crippen LogP contribution in [0.4, 0.5) is 0 Å². The lowest BCUT2D eigenvalue weighted by Crippen LogP contribution is -2.51. The molecule has 0 spiro atoms. The number of rotatable bonds is 27. The van der Waals surface area contributed by atoms with E-state index in [0.717, 1.165) is 57.8 Å². The molecule has 2 unspecified atom stereocenters. The quantitative estimate of drug-likeness (QED) is 0.0772. The summed E-state index contributed by atoms with van der Waals surface area (Å²) in [6, 6.07) is 0. The molecular formula is C33H68O7. The van der Waals surface area contributed by atoms with Gasteiger partial charge in [0.1, 0.15) is 0 Å². The highest BCUT2D eigenvalue weighted by Crippen LogP contribution is 2.36. The van der Waals surface area contributed by atoms with E-state index in [2.05, 4.69) is 34.6 Å². The van der Waals surface area contributed by atoms with Crippen molar-refractivity contribution < 1.29 is 33.5 Å². The first kappa shape index (κ1) is 39.7. The van der Waals surface area contributed by atoms with E-state index in [-0.39, 0.29) is 6.42 Å². The summed E-state index contributed by atoms with van der Waals surface area (Å²) in [4.78, 5) is 0. The van der Waals surface area contributed by atoms with Crippen molar-refractivity contribution in [3.8, 4) is 0 Å². The van der Waals surface area contributed by atoms with Crippen LogP contribution in [0.2, 0.25) is 0 Å². The Morgan fingerprint density at radius 2 is 0.900 bits per heavy atom. The van der Waals surface area contributed by atoms with Crippen molar-refractivity contribution >= 4 is 0 Å². The van der Waals surface area contributed by atoms with E-state index in [1.54, 1.807) is 13.8 Å². The van der Waals surface area contributed by atoms with Crippen LogP contribution < -0.4 is 0 Å². The number of unbranched alkanes of at least 4 members (excludes halogenated alkanes) is 9. The molecule has 0 fully saturated rings. The molecule has 0 bridgehead atoms. The first-order valence-corrected chi connectivity index (χ1v) is 16.4. The van der Waals surface area contributed by atoms with Gasteiger partial charge in [-0.05, 0) is 59.8 Å². The van der Waals surface area contributed by atoms with Gasteiger partial charge in [0, 0.05) is 12.8 Å². The second kappa shape index (κ2) is 21.4. The molecule has 2 atom stereocenters. The monoisotopic (exact) mass is 576 g/mol. The zero-order valence-corrected chi connectivity index (χ0v) is 28.2. The van der Waals surface area contributed by atoms with Crippen molar-refractivity contribution in [1.82, 2.24) is 0 Å². The van der Waals surface area contributed by atoms with Gasteiger partial charge in [-0.25, -0.2) is 0 Å². The van der Waals surface area contributed by atoms with E-state index in [0.29, 0.717) is 38.8 Å². The summed E-state index contributed by atoms with van der Waals surface area (Å²) < 4.78 is 38.4. The highest BCUT2D eigenvalue weighted by atomic mass is 16.9. The molecule has 1 N–H and O–H groups in total. The molecular weight excluding hydrogens is 508 g/mol. The zero-order chi connectivity index (χ0) is 30.5. The highest BCUT2D eigenvalue weighted by molar-refractivity contribution is 4.73. The van der Waals surface area contributed by atoms with E-state index in [9.17, 15) is 5.11 Å². The molecule has 0 aliphatic carbocycles. The van der Waals surface area contributed by atoms with Gasteiger partial charge in [-0.15, -0.1) is 0 Å². The average molecular weight is 577 g/mol. The molecule has 0 aliphatic heterocycles. The summed E-state index contributed by atoms with van der Waals surface area (Å²) in [5.41, 5.74) is -0.511. The van der Waals surface area contributed by atoms with E-state index in [1.807, 2.05) is 20.8 Å². The predicted molar refractivity (Wildman–Crippen MR) is 164 cm³/mol. The van der Waals surface area contributed by atoms with Crippen LogP contribution in [0, 0.1) is 5.92 Å².